The van der Waals surface area contributed by atoms with Gasteiger partial charge in [-0.15, -0.1) is 0 Å². The Bertz CT molecular complexity index is 372. The third-order valence-corrected chi connectivity index (χ3v) is 2.08. The van der Waals surface area contributed by atoms with E-state index in [1.807, 2.05) is 6.07 Å². The summed E-state index contributed by atoms with van der Waals surface area (Å²) in [4.78, 5) is 22.8. The first kappa shape index (κ1) is 13.2. The fourth-order valence-corrected chi connectivity index (χ4v) is 1.32. The maximum Gasteiger partial charge on any atom is 0.338 e. The van der Waals surface area contributed by atoms with Crippen LogP contribution in [-0.4, -0.2) is 24.6 Å². The van der Waals surface area contributed by atoms with Crippen LogP contribution in [0, 0.1) is 0 Å². The van der Waals surface area contributed by atoms with Gasteiger partial charge in [0.1, 0.15) is 6.10 Å². The van der Waals surface area contributed by atoms with Gasteiger partial charge in [0.2, 0.25) is 0 Å². The van der Waals surface area contributed by atoms with Crippen molar-refractivity contribution in [2.45, 2.75) is 26.4 Å². The third-order valence-electron chi connectivity index (χ3n) is 2.08. The second kappa shape index (κ2) is 6.68. The van der Waals surface area contributed by atoms with E-state index >= 15 is 0 Å². The smallest absolute Gasteiger partial charge is 0.338 e. The lowest BCUT2D eigenvalue weighted by molar-refractivity contribution is -0.145. The van der Waals surface area contributed by atoms with Gasteiger partial charge < -0.3 is 9.47 Å². The molecule has 1 aromatic rings. The molecule has 0 bridgehead atoms. The number of rotatable bonds is 5. The monoisotopic (exact) mass is 236 g/mol. The summed E-state index contributed by atoms with van der Waals surface area (Å²) in [6, 6.07) is 8.66. The van der Waals surface area contributed by atoms with Crippen LogP contribution < -0.4 is 0 Å². The molecule has 0 radical (unpaired) electrons. The molecular weight excluding hydrogens is 220 g/mol. The molecule has 1 rings (SSSR count). The molecule has 0 aliphatic rings. The Hall–Kier alpha value is -1.84. The minimum absolute atomic E-state index is 0.0758. The zero-order valence-electron chi connectivity index (χ0n) is 10.0. The van der Waals surface area contributed by atoms with Crippen molar-refractivity contribution < 1.29 is 19.1 Å². The Morgan fingerprint density at radius 3 is 2.47 bits per heavy atom. The number of esters is 2. The summed E-state index contributed by atoms with van der Waals surface area (Å²) in [7, 11) is 0. The molecule has 0 aromatic heterocycles. The van der Waals surface area contributed by atoms with Crippen LogP contribution in [0.15, 0.2) is 30.3 Å². The molecule has 1 atom stereocenters. The summed E-state index contributed by atoms with van der Waals surface area (Å²) >= 11 is 0. The minimum atomic E-state index is -0.484. The molecule has 0 saturated carbocycles. The van der Waals surface area contributed by atoms with Gasteiger partial charge in [-0.05, 0) is 26.0 Å². The van der Waals surface area contributed by atoms with Gasteiger partial charge in [0.25, 0.3) is 0 Å². The normalized spacial score (nSPS) is 11.6. The topological polar surface area (TPSA) is 52.6 Å². The molecule has 1 aromatic carbocycles. The average molecular weight is 236 g/mol. The van der Waals surface area contributed by atoms with Gasteiger partial charge in [0.15, 0.2) is 0 Å². The highest BCUT2D eigenvalue weighted by Gasteiger charge is 2.15. The maximum atomic E-state index is 11.6. The first-order valence-electron chi connectivity index (χ1n) is 5.55. The Morgan fingerprint density at radius 1 is 1.24 bits per heavy atom. The molecule has 4 heteroatoms. The summed E-state index contributed by atoms with van der Waals surface area (Å²) in [6.07, 6.45) is -0.409. The third kappa shape index (κ3) is 4.68. The van der Waals surface area contributed by atoms with E-state index in [9.17, 15) is 9.59 Å². The van der Waals surface area contributed by atoms with Crippen molar-refractivity contribution in [3.63, 3.8) is 0 Å². The minimum Gasteiger partial charge on any atom is -0.466 e. The second-order valence-electron chi connectivity index (χ2n) is 3.59. The Kier molecular flexibility index (Phi) is 5.20. The zero-order valence-corrected chi connectivity index (χ0v) is 10.0. The summed E-state index contributed by atoms with van der Waals surface area (Å²) in [6.45, 7) is 3.73. The van der Waals surface area contributed by atoms with Crippen molar-refractivity contribution in [3.8, 4) is 0 Å². The summed E-state index contributed by atoms with van der Waals surface area (Å²) < 4.78 is 9.88. The van der Waals surface area contributed by atoms with Crippen LogP contribution in [0.25, 0.3) is 0 Å². The molecule has 17 heavy (non-hydrogen) atoms. The fraction of sp³-hybridized carbons (Fsp3) is 0.385. The molecule has 0 heterocycles. The Morgan fingerprint density at radius 2 is 1.88 bits per heavy atom. The molecular formula is C13H16O4. The van der Waals surface area contributed by atoms with Crippen molar-refractivity contribution in [3.05, 3.63) is 35.9 Å². The number of ether oxygens (including phenoxy) is 2. The molecule has 0 aliphatic carbocycles. The van der Waals surface area contributed by atoms with Gasteiger partial charge in [-0.3, -0.25) is 4.79 Å². The summed E-state index contributed by atoms with van der Waals surface area (Å²) in [5.41, 5.74) is 0.475. The highest BCUT2D eigenvalue weighted by atomic mass is 16.6. The molecule has 0 amide bonds. The van der Waals surface area contributed by atoms with Gasteiger partial charge in [0.05, 0.1) is 18.6 Å². The largest absolute Gasteiger partial charge is 0.466 e. The SMILES string of the molecule is CCOC(=O)CC(C)OC(=O)c1ccccc1. The Labute approximate surface area is 101 Å². The predicted octanol–water partition coefficient (Wildman–Crippen LogP) is 2.19. The van der Waals surface area contributed by atoms with Gasteiger partial charge in [0, 0.05) is 0 Å². The van der Waals surface area contributed by atoms with Crippen LogP contribution in [-0.2, 0) is 14.3 Å². The standard InChI is InChI=1S/C13H16O4/c1-3-16-12(14)9-10(2)17-13(15)11-7-5-4-6-8-11/h4-8,10H,3,9H2,1-2H3. The molecule has 0 spiro atoms. The molecule has 0 N–H and O–H groups in total. The molecule has 0 fully saturated rings. The fourth-order valence-electron chi connectivity index (χ4n) is 1.32. The van der Waals surface area contributed by atoms with Crippen LogP contribution in [0.2, 0.25) is 0 Å². The molecule has 0 saturated heterocycles. The van der Waals surface area contributed by atoms with Gasteiger partial charge in [-0.25, -0.2) is 4.79 Å². The quantitative estimate of drug-likeness (QED) is 0.735. The first-order chi connectivity index (χ1) is 8.13. The number of carbonyl (C=O) groups is 2. The lowest BCUT2D eigenvalue weighted by Gasteiger charge is -2.12. The van der Waals surface area contributed by atoms with Gasteiger partial charge in [-0.1, -0.05) is 18.2 Å². The van der Waals surface area contributed by atoms with Crippen LogP contribution in [0.3, 0.4) is 0 Å². The van der Waals surface area contributed by atoms with Crippen molar-refractivity contribution >= 4 is 11.9 Å². The van der Waals surface area contributed by atoms with E-state index in [0.717, 1.165) is 0 Å². The highest BCUT2D eigenvalue weighted by Crippen LogP contribution is 2.06. The van der Waals surface area contributed by atoms with Gasteiger partial charge in [-0.2, -0.15) is 0 Å². The van der Waals surface area contributed by atoms with E-state index in [2.05, 4.69) is 0 Å². The molecule has 0 aliphatic heterocycles. The Balaban J connectivity index is 2.44. The summed E-state index contributed by atoms with van der Waals surface area (Å²) in [5.74, 6) is -0.789. The zero-order chi connectivity index (χ0) is 12.7. The number of carbonyl (C=O) groups excluding carboxylic acids is 2. The van der Waals surface area contributed by atoms with E-state index < -0.39 is 12.1 Å². The predicted molar refractivity (Wildman–Crippen MR) is 62.6 cm³/mol. The van der Waals surface area contributed by atoms with E-state index in [4.69, 9.17) is 9.47 Å². The van der Waals surface area contributed by atoms with Crippen molar-refractivity contribution in [1.29, 1.82) is 0 Å². The lowest BCUT2D eigenvalue weighted by atomic mass is 10.2. The number of hydrogen-bond acceptors (Lipinski definition) is 4. The summed E-state index contributed by atoms with van der Waals surface area (Å²) in [5, 5.41) is 0. The number of benzene rings is 1. The van der Waals surface area contributed by atoms with Crippen molar-refractivity contribution in [2.75, 3.05) is 6.61 Å². The van der Waals surface area contributed by atoms with E-state index in [1.165, 1.54) is 0 Å². The van der Waals surface area contributed by atoms with E-state index in [-0.39, 0.29) is 12.4 Å². The van der Waals surface area contributed by atoms with Crippen LogP contribution >= 0.6 is 0 Å². The van der Waals surface area contributed by atoms with Crippen molar-refractivity contribution in [2.24, 2.45) is 0 Å². The highest BCUT2D eigenvalue weighted by molar-refractivity contribution is 5.89. The maximum absolute atomic E-state index is 11.6. The molecule has 4 nitrogen and oxygen atoms in total. The van der Waals surface area contributed by atoms with Crippen LogP contribution in [0.1, 0.15) is 30.6 Å². The van der Waals surface area contributed by atoms with Crippen LogP contribution in [0.5, 0.6) is 0 Å². The second-order valence-corrected chi connectivity index (χ2v) is 3.59. The van der Waals surface area contributed by atoms with E-state index in [1.54, 1.807) is 38.1 Å². The lowest BCUT2D eigenvalue weighted by Crippen LogP contribution is -2.20. The van der Waals surface area contributed by atoms with Crippen LogP contribution in [0.4, 0.5) is 0 Å². The number of hydrogen-bond donors (Lipinski definition) is 0. The first-order valence-corrected chi connectivity index (χ1v) is 5.55. The van der Waals surface area contributed by atoms with E-state index in [0.29, 0.717) is 12.2 Å². The van der Waals surface area contributed by atoms with Gasteiger partial charge >= 0.3 is 11.9 Å². The molecule has 92 valence electrons. The van der Waals surface area contributed by atoms with Crippen molar-refractivity contribution in [1.82, 2.24) is 0 Å². The molecule has 1 unspecified atom stereocenters. The average Bonchev–Trinajstić information content (AvgIpc) is 2.30.